The van der Waals surface area contributed by atoms with Gasteiger partial charge < -0.3 is 0 Å². The summed E-state index contributed by atoms with van der Waals surface area (Å²) in [5.74, 6) is 2.59. The van der Waals surface area contributed by atoms with Crippen LogP contribution in [0.3, 0.4) is 0 Å². The Morgan fingerprint density at radius 2 is 1.89 bits per heavy atom. The van der Waals surface area contributed by atoms with Crippen molar-refractivity contribution in [2.75, 3.05) is 0 Å². The molecule has 4 saturated carbocycles. The number of aromatic nitrogens is 4. The molecule has 4 bridgehead atoms. The topological polar surface area (TPSA) is 43.6 Å². The van der Waals surface area contributed by atoms with Crippen molar-refractivity contribution in [2.45, 2.75) is 57.9 Å². The first-order valence-electron chi connectivity index (χ1n) is 7.35. The molecule has 0 aliphatic heterocycles. The molecule has 0 amide bonds. The molecule has 2 unspecified atom stereocenters. The fourth-order valence-electron chi connectivity index (χ4n) is 5.58. The van der Waals surface area contributed by atoms with E-state index in [1.165, 1.54) is 38.5 Å². The van der Waals surface area contributed by atoms with E-state index in [0.29, 0.717) is 5.41 Å². The van der Waals surface area contributed by atoms with Crippen molar-refractivity contribution in [3.05, 3.63) is 6.33 Å². The van der Waals surface area contributed by atoms with Crippen molar-refractivity contribution in [3.63, 3.8) is 0 Å². The molecule has 0 N–H and O–H groups in total. The van der Waals surface area contributed by atoms with Crippen molar-refractivity contribution in [2.24, 2.45) is 23.2 Å². The maximum Gasteiger partial charge on any atom is 0.162 e. The van der Waals surface area contributed by atoms with Crippen molar-refractivity contribution >= 4 is 0 Å². The summed E-state index contributed by atoms with van der Waals surface area (Å²) in [6.45, 7) is 4.82. The van der Waals surface area contributed by atoms with E-state index in [2.05, 4.69) is 29.3 Å². The van der Waals surface area contributed by atoms with Crippen LogP contribution < -0.4 is 0 Å². The van der Waals surface area contributed by atoms with Gasteiger partial charge in [0.1, 0.15) is 0 Å². The maximum atomic E-state index is 4.39. The molecule has 4 fully saturated rings. The molecule has 1 aromatic heterocycles. The van der Waals surface area contributed by atoms with Crippen LogP contribution in [0, 0.1) is 23.2 Å². The van der Waals surface area contributed by atoms with Gasteiger partial charge in [0, 0.05) is 0 Å². The summed E-state index contributed by atoms with van der Waals surface area (Å²) in [6, 6.07) is 0. The van der Waals surface area contributed by atoms with Crippen LogP contribution in [0.2, 0.25) is 0 Å². The number of nitrogens with zero attached hydrogens (tertiary/aromatic N) is 4. The summed E-state index contributed by atoms with van der Waals surface area (Å²) < 4.78 is 0. The monoisotopic (exact) mass is 246 g/mol. The Labute approximate surface area is 108 Å². The van der Waals surface area contributed by atoms with Gasteiger partial charge in [-0.1, -0.05) is 13.8 Å². The smallest absolute Gasteiger partial charge is 0.158 e. The lowest BCUT2D eigenvalue weighted by Crippen LogP contribution is -2.58. The second kappa shape index (κ2) is 3.34. The minimum Gasteiger partial charge on any atom is -0.158 e. The largest absolute Gasteiger partial charge is 0.162 e. The third-order valence-electron chi connectivity index (χ3n) is 6.07. The standard InChI is InChI=1S/C14H22N4/c1-10(2)13-4-11-3-12(5-13)7-14(6-11,8-13)18-16-9-15-17-18/h9-12H,3-8H2,1-2H3. The van der Waals surface area contributed by atoms with Crippen molar-refractivity contribution in [1.82, 2.24) is 20.2 Å². The summed E-state index contributed by atoms with van der Waals surface area (Å²) in [7, 11) is 0. The highest BCUT2D eigenvalue weighted by Gasteiger charge is 2.60. The second-order valence-corrected chi connectivity index (χ2v) is 7.43. The highest BCUT2D eigenvalue weighted by Crippen LogP contribution is 2.66. The van der Waals surface area contributed by atoms with Crippen molar-refractivity contribution in [1.29, 1.82) is 0 Å². The Morgan fingerprint density at radius 3 is 2.44 bits per heavy atom. The molecule has 4 heteroatoms. The average molecular weight is 246 g/mol. The van der Waals surface area contributed by atoms with Gasteiger partial charge in [-0.05, 0) is 66.9 Å². The van der Waals surface area contributed by atoms with Gasteiger partial charge in [-0.3, -0.25) is 0 Å². The maximum absolute atomic E-state index is 4.39. The predicted molar refractivity (Wildman–Crippen MR) is 67.7 cm³/mol. The highest BCUT2D eigenvalue weighted by atomic mass is 15.6. The molecule has 4 aliphatic carbocycles. The summed E-state index contributed by atoms with van der Waals surface area (Å²) in [5, 5.41) is 12.6. The molecule has 5 rings (SSSR count). The van der Waals surface area contributed by atoms with E-state index in [9.17, 15) is 0 Å². The van der Waals surface area contributed by atoms with Crippen molar-refractivity contribution in [3.8, 4) is 0 Å². The molecular formula is C14H22N4. The number of tetrazole rings is 1. The molecule has 0 aromatic carbocycles. The van der Waals surface area contributed by atoms with E-state index >= 15 is 0 Å². The second-order valence-electron chi connectivity index (χ2n) is 7.43. The van der Waals surface area contributed by atoms with E-state index in [0.717, 1.165) is 17.8 Å². The average Bonchev–Trinajstić information content (AvgIpc) is 2.80. The van der Waals surface area contributed by atoms with Gasteiger partial charge >= 0.3 is 0 Å². The molecule has 1 heterocycles. The number of rotatable bonds is 2. The first-order chi connectivity index (χ1) is 8.62. The van der Waals surface area contributed by atoms with Gasteiger partial charge in [-0.15, -0.1) is 10.2 Å². The van der Waals surface area contributed by atoms with E-state index in [4.69, 9.17) is 0 Å². The quantitative estimate of drug-likeness (QED) is 0.805. The molecule has 1 aromatic rings. The normalized spacial score (nSPS) is 45.9. The third kappa shape index (κ3) is 1.29. The third-order valence-corrected chi connectivity index (χ3v) is 6.07. The fraction of sp³-hybridized carbons (Fsp3) is 0.929. The molecule has 2 atom stereocenters. The van der Waals surface area contributed by atoms with Gasteiger partial charge in [0.05, 0.1) is 5.54 Å². The molecule has 98 valence electrons. The van der Waals surface area contributed by atoms with E-state index in [-0.39, 0.29) is 5.54 Å². The van der Waals surface area contributed by atoms with Gasteiger partial charge in [0.15, 0.2) is 6.33 Å². The lowest BCUT2D eigenvalue weighted by atomic mass is 9.44. The van der Waals surface area contributed by atoms with Gasteiger partial charge in [0.2, 0.25) is 0 Å². The predicted octanol–water partition coefficient (Wildman–Crippen LogP) is 2.62. The molecule has 18 heavy (non-hydrogen) atoms. The Hall–Kier alpha value is -0.930. The van der Waals surface area contributed by atoms with Crippen LogP contribution in [0.15, 0.2) is 6.33 Å². The zero-order valence-corrected chi connectivity index (χ0v) is 11.3. The number of hydrogen-bond acceptors (Lipinski definition) is 3. The van der Waals surface area contributed by atoms with Crippen LogP contribution in [0.4, 0.5) is 0 Å². The highest BCUT2D eigenvalue weighted by molar-refractivity contribution is 5.09. The van der Waals surface area contributed by atoms with E-state index < -0.39 is 0 Å². The zero-order valence-electron chi connectivity index (χ0n) is 11.3. The SMILES string of the molecule is CC(C)C12CC3CC(C1)CC(n1ncnn1)(C3)C2. The van der Waals surface area contributed by atoms with Crippen LogP contribution in [0.25, 0.3) is 0 Å². The molecule has 4 aliphatic rings. The van der Waals surface area contributed by atoms with E-state index in [1.807, 2.05) is 4.80 Å². The molecule has 0 spiro atoms. The van der Waals surface area contributed by atoms with E-state index in [1.54, 1.807) is 6.33 Å². The van der Waals surface area contributed by atoms with Crippen LogP contribution in [-0.4, -0.2) is 20.2 Å². The first-order valence-corrected chi connectivity index (χ1v) is 7.35. The Kier molecular flexibility index (Phi) is 2.03. The van der Waals surface area contributed by atoms with Crippen LogP contribution in [-0.2, 0) is 5.54 Å². The number of hydrogen-bond donors (Lipinski definition) is 0. The summed E-state index contributed by atoms with van der Waals surface area (Å²) in [5.41, 5.74) is 0.753. The van der Waals surface area contributed by atoms with Gasteiger partial charge in [-0.25, -0.2) is 0 Å². The van der Waals surface area contributed by atoms with Crippen LogP contribution in [0.5, 0.6) is 0 Å². The molecule has 0 radical (unpaired) electrons. The minimum atomic E-state index is 0.199. The Bertz CT molecular complexity index is 436. The van der Waals surface area contributed by atoms with Gasteiger partial charge in [0.25, 0.3) is 0 Å². The van der Waals surface area contributed by atoms with Gasteiger partial charge in [-0.2, -0.15) is 4.80 Å². The summed E-state index contributed by atoms with van der Waals surface area (Å²) in [6.07, 6.45) is 9.78. The summed E-state index contributed by atoms with van der Waals surface area (Å²) >= 11 is 0. The zero-order chi connectivity index (χ0) is 12.4. The minimum absolute atomic E-state index is 0.199. The van der Waals surface area contributed by atoms with Crippen LogP contribution in [0.1, 0.15) is 52.4 Å². The fourth-order valence-corrected chi connectivity index (χ4v) is 5.58. The first kappa shape index (κ1) is 10.9. The van der Waals surface area contributed by atoms with Crippen molar-refractivity contribution < 1.29 is 0 Å². The Balaban J connectivity index is 1.79. The molecular weight excluding hydrogens is 224 g/mol. The summed E-state index contributed by atoms with van der Waals surface area (Å²) in [4.78, 5) is 1.96. The molecule has 0 saturated heterocycles. The molecule has 4 nitrogen and oxygen atoms in total. The lowest BCUT2D eigenvalue weighted by molar-refractivity contribution is -0.131. The lowest BCUT2D eigenvalue weighted by Gasteiger charge is -2.62. The Morgan fingerprint density at radius 1 is 1.17 bits per heavy atom. The van der Waals surface area contributed by atoms with Crippen LogP contribution >= 0.6 is 0 Å².